The van der Waals surface area contributed by atoms with Gasteiger partial charge in [0.25, 0.3) is 0 Å². The number of nitrogen functional groups attached to an aromatic ring is 1. The summed E-state index contributed by atoms with van der Waals surface area (Å²) in [7, 11) is -3.64. The second-order valence-corrected chi connectivity index (χ2v) is 8.97. The molecular formula is C18H19ClN4O3S. The molecule has 1 fully saturated rings. The van der Waals surface area contributed by atoms with Gasteiger partial charge in [0.15, 0.2) is 5.82 Å². The van der Waals surface area contributed by atoms with Gasteiger partial charge in [-0.05, 0) is 49.1 Å². The predicted molar refractivity (Wildman–Crippen MR) is 105 cm³/mol. The summed E-state index contributed by atoms with van der Waals surface area (Å²) in [6.45, 7) is 1.83. The zero-order valence-corrected chi connectivity index (χ0v) is 16.1. The number of hydrogen-bond acceptors (Lipinski definition) is 5. The highest BCUT2D eigenvalue weighted by Gasteiger charge is 2.31. The number of sulfonamides is 1. The maximum Gasteiger partial charge on any atom is 0.240 e. The molecule has 142 valence electrons. The number of aliphatic hydroxyl groups excluding tert-OH is 1. The Bertz CT molecular complexity index is 1140. The molecule has 5 N–H and O–H groups in total. The van der Waals surface area contributed by atoms with Crippen LogP contribution in [0, 0.1) is 6.92 Å². The minimum absolute atomic E-state index is 0.185. The summed E-state index contributed by atoms with van der Waals surface area (Å²) >= 11 is 6.54. The van der Waals surface area contributed by atoms with Crippen LogP contribution in [0.3, 0.4) is 0 Å². The van der Waals surface area contributed by atoms with Crippen molar-refractivity contribution < 1.29 is 13.5 Å². The second-order valence-electron chi connectivity index (χ2n) is 6.88. The van der Waals surface area contributed by atoms with Gasteiger partial charge in [-0.2, -0.15) is 5.10 Å². The first kappa shape index (κ1) is 18.2. The van der Waals surface area contributed by atoms with Crippen LogP contribution in [-0.4, -0.2) is 35.9 Å². The molecule has 1 heterocycles. The monoisotopic (exact) mass is 406 g/mol. The minimum Gasteiger partial charge on any atom is -0.393 e. The van der Waals surface area contributed by atoms with Gasteiger partial charge in [-0.25, -0.2) is 13.1 Å². The van der Waals surface area contributed by atoms with Crippen LogP contribution < -0.4 is 10.5 Å². The van der Waals surface area contributed by atoms with E-state index in [4.69, 9.17) is 17.3 Å². The number of nitrogens with zero attached hydrogens (tertiary/aromatic N) is 1. The zero-order valence-electron chi connectivity index (χ0n) is 14.5. The maximum absolute atomic E-state index is 12.5. The molecule has 0 unspecified atom stereocenters. The number of aryl methyl sites for hydroxylation is 1. The Morgan fingerprint density at radius 1 is 1.26 bits per heavy atom. The molecule has 1 aliphatic rings. The number of H-pyrrole nitrogens is 1. The van der Waals surface area contributed by atoms with Crippen molar-refractivity contribution in [3.8, 4) is 11.1 Å². The number of hydrogen-bond donors (Lipinski definition) is 4. The molecule has 2 aromatic carbocycles. The van der Waals surface area contributed by atoms with E-state index in [9.17, 15) is 13.5 Å². The molecule has 27 heavy (non-hydrogen) atoms. The molecule has 3 aromatic rings. The second kappa shape index (κ2) is 6.49. The average molecular weight is 407 g/mol. The molecule has 0 saturated heterocycles. The first-order valence-electron chi connectivity index (χ1n) is 8.50. The molecule has 0 amide bonds. The highest BCUT2D eigenvalue weighted by molar-refractivity contribution is 7.89. The standard InChI is InChI=1S/C18H19ClN4O3S/c1-9-6-12(27(25,26)23-10-7-11(24)8-10)2-3-13(9)14-4-5-15-16(17(14)19)18(20)22-21-15/h2-6,10-11,23-24H,7-8H2,1H3,(H3,20,21,22). The molecule has 0 atom stereocenters. The Balaban J connectivity index is 1.70. The summed E-state index contributed by atoms with van der Waals surface area (Å²) in [4.78, 5) is 0.185. The fraction of sp³-hybridized carbons (Fsp3) is 0.278. The number of aliphatic hydroxyl groups is 1. The van der Waals surface area contributed by atoms with Gasteiger partial charge in [0.2, 0.25) is 10.0 Å². The van der Waals surface area contributed by atoms with E-state index in [-0.39, 0.29) is 10.9 Å². The van der Waals surface area contributed by atoms with Crippen molar-refractivity contribution >= 4 is 38.3 Å². The fourth-order valence-corrected chi connectivity index (χ4v) is 5.09. The first-order chi connectivity index (χ1) is 12.8. The molecule has 0 bridgehead atoms. The molecule has 1 aromatic heterocycles. The van der Waals surface area contributed by atoms with Crippen LogP contribution in [0.2, 0.25) is 5.02 Å². The van der Waals surface area contributed by atoms with Gasteiger partial charge in [0, 0.05) is 11.6 Å². The van der Waals surface area contributed by atoms with Crippen LogP contribution >= 0.6 is 11.6 Å². The summed E-state index contributed by atoms with van der Waals surface area (Å²) in [5.41, 5.74) is 8.98. The Hall–Kier alpha value is -2.13. The molecular weight excluding hydrogens is 388 g/mol. The lowest BCUT2D eigenvalue weighted by Gasteiger charge is -2.31. The number of anilines is 1. The van der Waals surface area contributed by atoms with Crippen molar-refractivity contribution in [1.82, 2.24) is 14.9 Å². The lowest BCUT2D eigenvalue weighted by Crippen LogP contribution is -2.46. The number of nitrogens with two attached hydrogens (primary N) is 1. The van der Waals surface area contributed by atoms with Gasteiger partial charge in [-0.15, -0.1) is 0 Å². The third kappa shape index (κ3) is 3.19. The molecule has 9 heteroatoms. The third-order valence-corrected chi connectivity index (χ3v) is 6.84. The normalized spacial score (nSPS) is 20.0. The molecule has 4 rings (SSSR count). The van der Waals surface area contributed by atoms with Crippen LogP contribution in [-0.2, 0) is 10.0 Å². The number of aromatic amines is 1. The van der Waals surface area contributed by atoms with Crippen molar-refractivity contribution in [2.45, 2.75) is 36.8 Å². The van der Waals surface area contributed by atoms with Crippen molar-refractivity contribution in [3.05, 3.63) is 40.9 Å². The maximum atomic E-state index is 12.5. The van der Waals surface area contributed by atoms with Crippen molar-refractivity contribution in [2.75, 3.05) is 5.73 Å². The Kier molecular flexibility index (Phi) is 4.38. The number of benzene rings is 2. The van der Waals surface area contributed by atoms with E-state index in [0.717, 1.165) is 22.2 Å². The topological polar surface area (TPSA) is 121 Å². The summed E-state index contributed by atoms with van der Waals surface area (Å²) < 4.78 is 27.7. The van der Waals surface area contributed by atoms with Crippen molar-refractivity contribution in [3.63, 3.8) is 0 Å². The van der Waals surface area contributed by atoms with E-state index >= 15 is 0 Å². The summed E-state index contributed by atoms with van der Waals surface area (Å²) in [6.07, 6.45) is 0.463. The van der Waals surface area contributed by atoms with Crippen molar-refractivity contribution in [1.29, 1.82) is 0 Å². The fourth-order valence-electron chi connectivity index (χ4n) is 3.38. The largest absolute Gasteiger partial charge is 0.393 e. The smallest absolute Gasteiger partial charge is 0.240 e. The Morgan fingerprint density at radius 3 is 2.63 bits per heavy atom. The Morgan fingerprint density at radius 2 is 1.96 bits per heavy atom. The van der Waals surface area contributed by atoms with Crippen LogP contribution in [0.4, 0.5) is 5.82 Å². The SMILES string of the molecule is Cc1cc(S(=O)(=O)NC2CC(O)C2)ccc1-c1ccc2[nH]nc(N)c2c1Cl. The molecule has 0 aliphatic heterocycles. The van der Waals surface area contributed by atoms with E-state index in [2.05, 4.69) is 14.9 Å². The molecule has 0 spiro atoms. The number of rotatable bonds is 4. The van der Waals surface area contributed by atoms with Gasteiger partial charge in [0.05, 0.1) is 26.9 Å². The van der Waals surface area contributed by atoms with Gasteiger partial charge < -0.3 is 10.8 Å². The van der Waals surface area contributed by atoms with E-state index in [1.54, 1.807) is 18.2 Å². The zero-order chi connectivity index (χ0) is 19.3. The number of halogens is 1. The summed E-state index contributed by atoms with van der Waals surface area (Å²) in [5, 5.41) is 17.2. The van der Waals surface area contributed by atoms with Crippen LogP contribution in [0.25, 0.3) is 22.0 Å². The lowest BCUT2D eigenvalue weighted by molar-refractivity contribution is 0.0712. The predicted octanol–water partition coefficient (Wildman–Crippen LogP) is 2.58. The molecule has 0 radical (unpaired) electrons. The van der Waals surface area contributed by atoms with E-state index in [0.29, 0.717) is 29.1 Å². The number of nitrogens with one attached hydrogen (secondary N) is 2. The average Bonchev–Trinajstić information content (AvgIpc) is 2.96. The minimum atomic E-state index is -3.64. The van der Waals surface area contributed by atoms with Gasteiger partial charge >= 0.3 is 0 Å². The molecule has 7 nitrogen and oxygen atoms in total. The van der Waals surface area contributed by atoms with Crippen LogP contribution in [0.1, 0.15) is 18.4 Å². The van der Waals surface area contributed by atoms with Crippen molar-refractivity contribution in [2.24, 2.45) is 0 Å². The van der Waals surface area contributed by atoms with E-state index in [1.165, 1.54) is 0 Å². The van der Waals surface area contributed by atoms with E-state index < -0.39 is 16.1 Å². The summed E-state index contributed by atoms with van der Waals surface area (Å²) in [5.74, 6) is 0.320. The van der Waals surface area contributed by atoms with Gasteiger partial charge in [-0.1, -0.05) is 23.7 Å². The third-order valence-electron chi connectivity index (χ3n) is 4.93. The van der Waals surface area contributed by atoms with Crippen LogP contribution in [0.5, 0.6) is 0 Å². The van der Waals surface area contributed by atoms with Crippen LogP contribution in [0.15, 0.2) is 35.2 Å². The van der Waals surface area contributed by atoms with Gasteiger partial charge in [0.1, 0.15) is 0 Å². The Labute approximate surface area is 161 Å². The highest BCUT2D eigenvalue weighted by Crippen LogP contribution is 2.38. The molecule has 1 saturated carbocycles. The summed E-state index contributed by atoms with van der Waals surface area (Å²) in [6, 6.07) is 8.39. The molecule has 1 aliphatic carbocycles. The first-order valence-corrected chi connectivity index (χ1v) is 10.4. The van der Waals surface area contributed by atoms with E-state index in [1.807, 2.05) is 19.1 Å². The highest BCUT2D eigenvalue weighted by atomic mass is 35.5. The number of fused-ring (bicyclic) bond motifs is 1. The lowest BCUT2D eigenvalue weighted by atomic mass is 9.91. The number of aromatic nitrogens is 2. The van der Waals surface area contributed by atoms with Gasteiger partial charge in [-0.3, -0.25) is 5.10 Å². The quantitative estimate of drug-likeness (QED) is 0.530.